The van der Waals surface area contributed by atoms with E-state index in [0.717, 1.165) is 19.3 Å². The van der Waals surface area contributed by atoms with Gasteiger partial charge < -0.3 is 0 Å². The van der Waals surface area contributed by atoms with Gasteiger partial charge in [0.05, 0.1) is 10.6 Å². The first-order chi connectivity index (χ1) is 11.5. The van der Waals surface area contributed by atoms with Crippen LogP contribution in [0.15, 0.2) is 58.4 Å². The van der Waals surface area contributed by atoms with Crippen LogP contribution in [-0.4, -0.2) is 18.7 Å². The molecule has 1 aliphatic carbocycles. The zero-order valence-corrected chi connectivity index (χ0v) is 14.7. The smallest absolute Gasteiger partial charge is 0.255 e. The molecule has 2 aromatic rings. The lowest BCUT2D eigenvalue weighted by Crippen LogP contribution is -2.25. The fraction of sp³-hybridized carbons (Fsp3) is 0.421. The summed E-state index contributed by atoms with van der Waals surface area (Å²) >= 11 is 0. The van der Waals surface area contributed by atoms with Crippen molar-refractivity contribution in [2.75, 3.05) is 5.75 Å². The standard InChI is InChI=1S/C19H23NO3S/c1-15-6-2-3-7-16(15)14-24(22,23)18-11-9-17(10-12-18)20-13-5-4-8-19(20)21/h4-5,8-13,15-16H,2-3,6-7,14H2,1H3/t15-,16-/m1/s1. The first-order valence-corrected chi connectivity index (χ1v) is 10.1. The Balaban J connectivity index is 1.82. The van der Waals surface area contributed by atoms with Crippen molar-refractivity contribution in [2.24, 2.45) is 11.8 Å². The van der Waals surface area contributed by atoms with Crippen LogP contribution in [0.3, 0.4) is 0 Å². The van der Waals surface area contributed by atoms with Crippen LogP contribution in [0.25, 0.3) is 5.69 Å². The van der Waals surface area contributed by atoms with Gasteiger partial charge in [0.2, 0.25) is 0 Å². The molecule has 5 heteroatoms. The highest BCUT2D eigenvalue weighted by Crippen LogP contribution is 2.32. The molecule has 0 bridgehead atoms. The summed E-state index contributed by atoms with van der Waals surface area (Å²) in [6.45, 7) is 2.16. The molecule has 4 nitrogen and oxygen atoms in total. The van der Waals surface area contributed by atoms with Crippen LogP contribution in [0.2, 0.25) is 0 Å². The van der Waals surface area contributed by atoms with Crippen molar-refractivity contribution in [3.8, 4) is 5.69 Å². The fourth-order valence-corrected chi connectivity index (χ4v) is 5.28. The summed E-state index contributed by atoms with van der Waals surface area (Å²) in [4.78, 5) is 12.2. The van der Waals surface area contributed by atoms with Crippen molar-refractivity contribution >= 4 is 9.84 Å². The quantitative estimate of drug-likeness (QED) is 0.853. The second kappa shape index (κ2) is 6.93. The summed E-state index contributed by atoms with van der Waals surface area (Å²) in [5.74, 6) is 0.939. The number of pyridine rings is 1. The molecule has 0 saturated heterocycles. The van der Waals surface area contributed by atoms with E-state index in [2.05, 4.69) is 6.92 Å². The Morgan fingerprint density at radius 1 is 1.04 bits per heavy atom. The summed E-state index contributed by atoms with van der Waals surface area (Å²) < 4.78 is 26.9. The predicted octanol–water partition coefficient (Wildman–Crippen LogP) is 3.44. The predicted molar refractivity (Wildman–Crippen MR) is 95.2 cm³/mol. The molecule has 1 fully saturated rings. The number of hydrogen-bond acceptors (Lipinski definition) is 3. The molecule has 24 heavy (non-hydrogen) atoms. The molecule has 128 valence electrons. The maximum atomic E-state index is 12.7. The molecule has 0 N–H and O–H groups in total. The molecule has 0 amide bonds. The van der Waals surface area contributed by atoms with E-state index in [-0.39, 0.29) is 17.2 Å². The first kappa shape index (κ1) is 17.0. The van der Waals surface area contributed by atoms with E-state index in [1.165, 1.54) is 17.1 Å². The Morgan fingerprint density at radius 2 is 1.75 bits per heavy atom. The highest BCUT2D eigenvalue weighted by atomic mass is 32.2. The Bertz CT molecular complexity index is 853. The lowest BCUT2D eigenvalue weighted by atomic mass is 9.82. The number of benzene rings is 1. The molecule has 3 rings (SSSR count). The van der Waals surface area contributed by atoms with E-state index in [9.17, 15) is 13.2 Å². The van der Waals surface area contributed by atoms with Crippen LogP contribution in [-0.2, 0) is 9.84 Å². The van der Waals surface area contributed by atoms with Gasteiger partial charge in [-0.05, 0) is 48.6 Å². The van der Waals surface area contributed by atoms with E-state index >= 15 is 0 Å². The fourth-order valence-electron chi connectivity index (χ4n) is 3.47. The average molecular weight is 345 g/mol. The first-order valence-electron chi connectivity index (χ1n) is 8.48. The number of nitrogens with zero attached hydrogens (tertiary/aromatic N) is 1. The maximum Gasteiger partial charge on any atom is 0.255 e. The Labute approximate surface area is 143 Å². The van der Waals surface area contributed by atoms with Gasteiger partial charge in [-0.15, -0.1) is 0 Å². The lowest BCUT2D eigenvalue weighted by Gasteiger charge is -2.28. The number of aromatic nitrogens is 1. The van der Waals surface area contributed by atoms with Gasteiger partial charge >= 0.3 is 0 Å². The van der Waals surface area contributed by atoms with Crippen molar-refractivity contribution in [2.45, 2.75) is 37.5 Å². The third-order valence-electron chi connectivity index (χ3n) is 5.02. The largest absolute Gasteiger partial charge is 0.284 e. The summed E-state index contributed by atoms with van der Waals surface area (Å²) in [5.41, 5.74) is 0.537. The molecule has 0 aliphatic heterocycles. The summed E-state index contributed by atoms with van der Waals surface area (Å²) in [6, 6.07) is 11.5. The lowest BCUT2D eigenvalue weighted by molar-refractivity contribution is 0.279. The van der Waals surface area contributed by atoms with Crippen LogP contribution in [0.5, 0.6) is 0 Å². The van der Waals surface area contributed by atoms with Gasteiger partial charge in [-0.2, -0.15) is 0 Å². The highest BCUT2D eigenvalue weighted by molar-refractivity contribution is 7.91. The molecule has 1 heterocycles. The van der Waals surface area contributed by atoms with Gasteiger partial charge in [0.25, 0.3) is 5.56 Å². The SMILES string of the molecule is C[C@@H]1CCCC[C@@H]1CS(=O)(=O)c1ccc(-n2ccccc2=O)cc1. The third-order valence-corrected chi connectivity index (χ3v) is 6.88. The third kappa shape index (κ3) is 3.61. The van der Waals surface area contributed by atoms with Gasteiger partial charge in [0.15, 0.2) is 9.84 Å². The second-order valence-electron chi connectivity index (χ2n) is 6.71. The van der Waals surface area contributed by atoms with E-state index in [4.69, 9.17) is 0 Å². The van der Waals surface area contributed by atoms with Crippen molar-refractivity contribution in [3.05, 3.63) is 59.0 Å². The van der Waals surface area contributed by atoms with Gasteiger partial charge in [-0.25, -0.2) is 8.42 Å². The van der Waals surface area contributed by atoms with Crippen LogP contribution < -0.4 is 5.56 Å². The van der Waals surface area contributed by atoms with E-state index in [0.29, 0.717) is 16.5 Å². The van der Waals surface area contributed by atoms with Crippen LogP contribution in [0.4, 0.5) is 0 Å². The molecule has 1 aromatic carbocycles. The number of hydrogen-bond donors (Lipinski definition) is 0. The van der Waals surface area contributed by atoms with E-state index in [1.807, 2.05) is 0 Å². The Kier molecular flexibility index (Phi) is 4.90. The molecular weight excluding hydrogens is 322 g/mol. The molecule has 1 aliphatic rings. The minimum Gasteiger partial charge on any atom is -0.284 e. The molecule has 0 radical (unpaired) electrons. The van der Waals surface area contributed by atoms with Gasteiger partial charge in [0, 0.05) is 18.0 Å². The molecular formula is C19H23NO3S. The molecule has 0 spiro atoms. The van der Waals surface area contributed by atoms with E-state index in [1.54, 1.807) is 42.6 Å². The number of sulfone groups is 1. The molecule has 1 aromatic heterocycles. The van der Waals surface area contributed by atoms with Crippen molar-refractivity contribution in [3.63, 3.8) is 0 Å². The number of rotatable bonds is 4. The van der Waals surface area contributed by atoms with E-state index < -0.39 is 9.84 Å². The van der Waals surface area contributed by atoms with Crippen LogP contribution in [0.1, 0.15) is 32.6 Å². The minimum absolute atomic E-state index is 0.135. The van der Waals surface area contributed by atoms with Crippen LogP contribution in [0, 0.1) is 11.8 Å². The summed E-state index contributed by atoms with van der Waals surface area (Å²) in [7, 11) is -3.29. The topological polar surface area (TPSA) is 56.1 Å². The average Bonchev–Trinajstić information content (AvgIpc) is 2.57. The summed E-state index contributed by atoms with van der Waals surface area (Å²) in [6.07, 6.45) is 6.13. The van der Waals surface area contributed by atoms with Gasteiger partial charge in [-0.1, -0.05) is 32.3 Å². The van der Waals surface area contributed by atoms with Crippen molar-refractivity contribution < 1.29 is 8.42 Å². The molecule has 2 atom stereocenters. The molecule has 0 unspecified atom stereocenters. The normalized spacial score (nSPS) is 21.5. The Hall–Kier alpha value is -1.88. The molecule has 1 saturated carbocycles. The monoisotopic (exact) mass is 345 g/mol. The van der Waals surface area contributed by atoms with Gasteiger partial charge in [-0.3, -0.25) is 9.36 Å². The highest BCUT2D eigenvalue weighted by Gasteiger charge is 2.27. The Morgan fingerprint density at radius 3 is 2.42 bits per heavy atom. The zero-order valence-electron chi connectivity index (χ0n) is 13.9. The van der Waals surface area contributed by atoms with Crippen molar-refractivity contribution in [1.82, 2.24) is 4.57 Å². The minimum atomic E-state index is -3.29. The second-order valence-corrected chi connectivity index (χ2v) is 8.74. The maximum absolute atomic E-state index is 12.7. The van der Waals surface area contributed by atoms with Gasteiger partial charge in [0.1, 0.15) is 0 Å². The van der Waals surface area contributed by atoms with Crippen LogP contribution >= 0.6 is 0 Å². The van der Waals surface area contributed by atoms with Crippen molar-refractivity contribution in [1.29, 1.82) is 0 Å². The summed E-state index contributed by atoms with van der Waals surface area (Å²) in [5, 5.41) is 0. The zero-order chi connectivity index (χ0) is 17.2.